The highest BCUT2D eigenvalue weighted by molar-refractivity contribution is 5.81. The number of fused-ring (bicyclic) bond motifs is 1. The normalized spacial score (nSPS) is 15.6. The number of nitrogens with two attached hydrogens (primary N) is 1. The Hall–Kier alpha value is -3.22. The molecule has 0 radical (unpaired) electrons. The van der Waals surface area contributed by atoms with Crippen LogP contribution in [0.4, 0.5) is 5.95 Å². The predicted molar refractivity (Wildman–Crippen MR) is 98.8 cm³/mol. The smallest absolute Gasteiger partial charge is 0.306 e. The number of aromatic nitrogens is 4. The number of rotatable bonds is 7. The Labute approximate surface area is 162 Å². The molecule has 1 aliphatic carbocycles. The van der Waals surface area contributed by atoms with E-state index in [-0.39, 0.29) is 18.3 Å². The number of carbonyl (C=O) groups excluding carboxylic acids is 2. The number of nitrogen functional groups attached to an aromatic ring is 1. The zero-order valence-corrected chi connectivity index (χ0v) is 16.2. The van der Waals surface area contributed by atoms with Gasteiger partial charge in [0.2, 0.25) is 5.95 Å². The molecule has 0 spiro atoms. The summed E-state index contributed by atoms with van der Waals surface area (Å²) in [6.07, 6.45) is 2.31. The second-order valence-electron chi connectivity index (χ2n) is 7.24. The minimum atomic E-state index is -0.904. The second kappa shape index (κ2) is 7.42. The molecule has 1 atom stereocenters. The molecule has 148 valence electrons. The number of carbonyl (C=O) groups is 2. The van der Waals surface area contributed by atoms with Gasteiger partial charge in [0, 0.05) is 17.8 Å². The Kier molecular flexibility index (Phi) is 5.18. The maximum Gasteiger partial charge on any atom is 0.306 e. The second-order valence-corrected chi connectivity index (χ2v) is 7.24. The van der Waals surface area contributed by atoms with Crippen molar-refractivity contribution in [2.24, 2.45) is 5.92 Å². The number of anilines is 1. The average Bonchev–Trinajstić information content (AvgIpc) is 3.43. The van der Waals surface area contributed by atoms with Gasteiger partial charge in [-0.2, -0.15) is 14.8 Å². The van der Waals surface area contributed by atoms with E-state index in [0.29, 0.717) is 12.2 Å². The lowest BCUT2D eigenvalue weighted by atomic mass is 9.98. The summed E-state index contributed by atoms with van der Waals surface area (Å²) in [6.45, 7) is 4.96. The molecule has 0 unspecified atom stereocenters. The van der Waals surface area contributed by atoms with Crippen LogP contribution in [0.1, 0.15) is 43.1 Å². The largest absolute Gasteiger partial charge is 0.456 e. The summed E-state index contributed by atoms with van der Waals surface area (Å²) in [5.41, 5.74) is 7.09. The first-order valence-corrected chi connectivity index (χ1v) is 9.09. The van der Waals surface area contributed by atoms with Gasteiger partial charge < -0.3 is 15.8 Å². The van der Waals surface area contributed by atoms with Crippen molar-refractivity contribution in [1.82, 2.24) is 24.9 Å². The van der Waals surface area contributed by atoms with E-state index in [0.717, 1.165) is 29.8 Å². The van der Waals surface area contributed by atoms with Gasteiger partial charge in [0.25, 0.3) is 11.7 Å². The minimum Gasteiger partial charge on any atom is -0.456 e. The van der Waals surface area contributed by atoms with E-state index in [4.69, 9.17) is 10.5 Å². The summed E-state index contributed by atoms with van der Waals surface area (Å²) >= 11 is 0. The fraction of sp³-hybridized carbons (Fsp3) is 0.556. The van der Waals surface area contributed by atoms with Crippen LogP contribution in [-0.4, -0.2) is 43.6 Å². The van der Waals surface area contributed by atoms with Gasteiger partial charge in [-0.25, -0.2) is 4.98 Å². The first-order valence-electron chi connectivity index (χ1n) is 9.09. The number of aryl methyl sites for hydroxylation is 2. The van der Waals surface area contributed by atoms with Crippen LogP contribution in [0, 0.1) is 31.1 Å². The van der Waals surface area contributed by atoms with E-state index in [9.17, 15) is 14.9 Å². The quantitative estimate of drug-likeness (QED) is 0.658. The van der Waals surface area contributed by atoms with Crippen molar-refractivity contribution < 1.29 is 14.3 Å². The molecule has 10 nitrogen and oxygen atoms in total. The number of hydrogen-bond donors (Lipinski definition) is 2. The number of nitrogens with one attached hydrogen (secondary N) is 1. The molecule has 1 fully saturated rings. The Morgan fingerprint density at radius 1 is 1.39 bits per heavy atom. The molecule has 0 bridgehead atoms. The van der Waals surface area contributed by atoms with Crippen LogP contribution in [0.3, 0.4) is 0 Å². The molecule has 1 aliphatic rings. The van der Waals surface area contributed by atoms with Gasteiger partial charge >= 0.3 is 5.97 Å². The van der Waals surface area contributed by atoms with E-state index in [2.05, 4.69) is 26.5 Å². The summed E-state index contributed by atoms with van der Waals surface area (Å²) in [4.78, 5) is 32.4. The SMILES string of the molecule is Cc1nc2nc(N)nn2c(C)c1CCC(=O)OCC(=O)N[C@@](C)(C#N)C1CC1. The number of hydrogen-bond acceptors (Lipinski definition) is 8. The van der Waals surface area contributed by atoms with Gasteiger partial charge in [0.05, 0.1) is 6.07 Å². The standard InChI is InChI=1S/C18H23N7O3/c1-10-13(11(2)25-17(21-10)22-16(20)24-25)6-7-15(27)28-8-14(26)23-18(3,9-19)12-4-5-12/h12H,4-8H2,1-3H3,(H2,20,24)(H,23,26)/t18-/m0/s1. The van der Waals surface area contributed by atoms with Crippen molar-refractivity contribution in [2.75, 3.05) is 12.3 Å². The summed E-state index contributed by atoms with van der Waals surface area (Å²) in [5, 5.41) is 16.0. The Morgan fingerprint density at radius 2 is 2.11 bits per heavy atom. The lowest BCUT2D eigenvalue weighted by Gasteiger charge is -2.22. The molecule has 28 heavy (non-hydrogen) atoms. The van der Waals surface area contributed by atoms with Crippen molar-refractivity contribution in [1.29, 1.82) is 5.26 Å². The highest BCUT2D eigenvalue weighted by Gasteiger charge is 2.43. The molecule has 0 saturated heterocycles. The van der Waals surface area contributed by atoms with Crippen LogP contribution < -0.4 is 11.1 Å². The average molecular weight is 385 g/mol. The zero-order valence-electron chi connectivity index (χ0n) is 16.2. The van der Waals surface area contributed by atoms with Crippen LogP contribution in [-0.2, 0) is 20.7 Å². The predicted octanol–water partition coefficient (Wildman–Crippen LogP) is 0.608. The van der Waals surface area contributed by atoms with Gasteiger partial charge in [-0.05, 0) is 51.5 Å². The van der Waals surface area contributed by atoms with E-state index < -0.39 is 24.0 Å². The fourth-order valence-electron chi connectivity index (χ4n) is 3.24. The first-order chi connectivity index (χ1) is 13.2. The third kappa shape index (κ3) is 4.03. The van der Waals surface area contributed by atoms with Gasteiger partial charge in [-0.15, -0.1) is 5.10 Å². The minimum absolute atomic E-state index is 0.0878. The third-order valence-corrected chi connectivity index (χ3v) is 5.03. The van der Waals surface area contributed by atoms with Crippen molar-refractivity contribution in [3.8, 4) is 6.07 Å². The molecule has 3 N–H and O–H groups in total. The number of amides is 1. The molecule has 2 aromatic rings. The highest BCUT2D eigenvalue weighted by atomic mass is 16.5. The number of esters is 1. The molecule has 0 aliphatic heterocycles. The molecule has 0 aromatic carbocycles. The summed E-state index contributed by atoms with van der Waals surface area (Å²) in [5.74, 6) is -0.272. The third-order valence-electron chi connectivity index (χ3n) is 5.03. The van der Waals surface area contributed by atoms with Crippen LogP contribution in [0.15, 0.2) is 0 Å². The monoisotopic (exact) mass is 385 g/mol. The summed E-state index contributed by atoms with van der Waals surface area (Å²) in [6, 6.07) is 2.13. The lowest BCUT2D eigenvalue weighted by Crippen LogP contribution is -2.48. The van der Waals surface area contributed by atoms with E-state index in [1.165, 1.54) is 4.52 Å². The van der Waals surface area contributed by atoms with E-state index >= 15 is 0 Å². The molecule has 1 amide bonds. The summed E-state index contributed by atoms with van der Waals surface area (Å²) in [7, 11) is 0. The maximum atomic E-state index is 12.1. The molecule has 2 heterocycles. The topological polar surface area (TPSA) is 148 Å². The zero-order chi connectivity index (χ0) is 20.5. The lowest BCUT2D eigenvalue weighted by molar-refractivity contribution is -0.148. The van der Waals surface area contributed by atoms with Gasteiger partial charge in [-0.3, -0.25) is 9.59 Å². The van der Waals surface area contributed by atoms with E-state index in [1.807, 2.05) is 13.8 Å². The first kappa shape index (κ1) is 19.5. The van der Waals surface area contributed by atoms with Crippen molar-refractivity contribution >= 4 is 23.6 Å². The van der Waals surface area contributed by atoms with Crippen molar-refractivity contribution in [3.63, 3.8) is 0 Å². The highest BCUT2D eigenvalue weighted by Crippen LogP contribution is 2.39. The van der Waals surface area contributed by atoms with Crippen LogP contribution in [0.5, 0.6) is 0 Å². The summed E-state index contributed by atoms with van der Waals surface area (Å²) < 4.78 is 6.59. The molecule has 2 aromatic heterocycles. The molecular weight excluding hydrogens is 362 g/mol. The fourth-order valence-corrected chi connectivity index (χ4v) is 3.24. The molecule has 10 heteroatoms. The van der Waals surface area contributed by atoms with Crippen molar-refractivity contribution in [3.05, 3.63) is 17.0 Å². The molecule has 1 saturated carbocycles. The molecular formula is C18H23N7O3. The molecule has 3 rings (SSSR count). The number of ether oxygens (including phenoxy) is 1. The Morgan fingerprint density at radius 3 is 2.75 bits per heavy atom. The van der Waals surface area contributed by atoms with Crippen LogP contribution in [0.2, 0.25) is 0 Å². The van der Waals surface area contributed by atoms with Gasteiger partial charge in [-0.1, -0.05) is 0 Å². The van der Waals surface area contributed by atoms with E-state index in [1.54, 1.807) is 6.92 Å². The number of nitriles is 1. The van der Waals surface area contributed by atoms with Gasteiger partial charge in [0.15, 0.2) is 6.61 Å². The Bertz CT molecular complexity index is 974. The van der Waals surface area contributed by atoms with Crippen LogP contribution in [0.25, 0.3) is 5.78 Å². The Balaban J connectivity index is 1.54. The number of nitrogens with zero attached hydrogens (tertiary/aromatic N) is 5. The maximum absolute atomic E-state index is 12.1. The van der Waals surface area contributed by atoms with Crippen molar-refractivity contribution in [2.45, 2.75) is 52.0 Å². The van der Waals surface area contributed by atoms with Crippen LogP contribution >= 0.6 is 0 Å². The van der Waals surface area contributed by atoms with Gasteiger partial charge in [0.1, 0.15) is 5.54 Å².